The SMILES string of the molecule is Cc1cc2c(C(C)C)c(O)c(O)c(C(=O)C(=O)NC(C)(C)C)c2c(O)c1-c1c(C)cc2c(C(C)C)c(O)c(O)c(C(=O)C(=O)NC(C)(C)C)c2c1O. The normalized spacial score (nSPS) is 12.2. The highest BCUT2D eigenvalue weighted by Crippen LogP contribution is 2.55. The van der Waals surface area contributed by atoms with E-state index in [0.717, 1.165) is 0 Å². The van der Waals surface area contributed by atoms with Crippen LogP contribution >= 0.6 is 0 Å². The number of benzene rings is 4. The van der Waals surface area contributed by atoms with Gasteiger partial charge in [0, 0.05) is 44.1 Å². The molecule has 4 aromatic carbocycles. The first kappa shape index (κ1) is 39.3. The number of aryl methyl sites for hydroxylation is 2. The van der Waals surface area contributed by atoms with Crippen molar-refractivity contribution in [3.63, 3.8) is 0 Å². The van der Waals surface area contributed by atoms with E-state index in [1.54, 1.807) is 83.1 Å². The van der Waals surface area contributed by atoms with Crippen molar-refractivity contribution >= 4 is 44.9 Å². The molecular weight excluding hydrogens is 668 g/mol. The number of carbonyl (C=O) groups excluding carboxylic acids is 4. The number of Topliss-reactive ketones (excluding diaryl/α,β-unsaturated/α-hetero) is 2. The number of carbonyl (C=O) groups is 4. The van der Waals surface area contributed by atoms with Crippen LogP contribution < -0.4 is 10.6 Å². The third-order valence-corrected chi connectivity index (χ3v) is 8.76. The van der Waals surface area contributed by atoms with Crippen LogP contribution in [0, 0.1) is 13.8 Å². The lowest BCUT2D eigenvalue weighted by Gasteiger charge is -2.25. The Labute approximate surface area is 302 Å². The summed E-state index contributed by atoms with van der Waals surface area (Å²) in [5, 5.41) is 74.1. The summed E-state index contributed by atoms with van der Waals surface area (Å²) in [6.45, 7) is 20.0. The van der Waals surface area contributed by atoms with Gasteiger partial charge in [0.2, 0.25) is 0 Å². The molecule has 4 rings (SSSR count). The molecule has 0 aliphatic rings. The maximum absolute atomic E-state index is 13.8. The molecule has 12 nitrogen and oxygen atoms in total. The highest BCUT2D eigenvalue weighted by atomic mass is 16.3. The second-order valence-corrected chi connectivity index (χ2v) is 16.0. The lowest BCUT2D eigenvalue weighted by molar-refractivity contribution is -0.119. The molecule has 278 valence electrons. The first-order valence-electron chi connectivity index (χ1n) is 16.9. The average molecular weight is 717 g/mol. The van der Waals surface area contributed by atoms with E-state index >= 15 is 0 Å². The summed E-state index contributed by atoms with van der Waals surface area (Å²) in [5.41, 5.74) is -2.18. The fourth-order valence-electron chi connectivity index (χ4n) is 6.78. The van der Waals surface area contributed by atoms with E-state index in [0.29, 0.717) is 11.1 Å². The first-order chi connectivity index (χ1) is 23.7. The monoisotopic (exact) mass is 716 g/mol. The predicted octanol–water partition coefficient (Wildman–Crippen LogP) is 6.95. The van der Waals surface area contributed by atoms with Crippen LogP contribution in [0.15, 0.2) is 12.1 Å². The average Bonchev–Trinajstić information content (AvgIpc) is 2.98. The van der Waals surface area contributed by atoms with E-state index in [4.69, 9.17) is 0 Å². The molecular formula is C40H48N2O10. The lowest BCUT2D eigenvalue weighted by atomic mass is 9.82. The van der Waals surface area contributed by atoms with Crippen molar-refractivity contribution < 1.29 is 49.8 Å². The number of phenols is 6. The van der Waals surface area contributed by atoms with Gasteiger partial charge in [0.1, 0.15) is 11.5 Å². The molecule has 0 spiro atoms. The Morgan fingerprint density at radius 1 is 0.519 bits per heavy atom. The molecule has 0 bridgehead atoms. The van der Waals surface area contributed by atoms with E-state index in [1.807, 2.05) is 0 Å². The van der Waals surface area contributed by atoms with Crippen molar-refractivity contribution in [2.24, 2.45) is 0 Å². The summed E-state index contributed by atoms with van der Waals surface area (Å²) in [4.78, 5) is 53.9. The molecule has 0 saturated heterocycles. The number of fused-ring (bicyclic) bond motifs is 2. The minimum Gasteiger partial charge on any atom is -0.507 e. The molecule has 4 aromatic rings. The molecule has 0 unspecified atom stereocenters. The van der Waals surface area contributed by atoms with E-state index < -0.39 is 91.9 Å². The fraction of sp³-hybridized carbons (Fsp3) is 0.400. The Morgan fingerprint density at radius 2 is 0.808 bits per heavy atom. The Hall–Kier alpha value is -5.52. The van der Waals surface area contributed by atoms with Gasteiger partial charge in [0.25, 0.3) is 23.4 Å². The van der Waals surface area contributed by atoms with Crippen LogP contribution in [0.3, 0.4) is 0 Å². The molecule has 12 heteroatoms. The molecule has 0 aliphatic carbocycles. The molecule has 0 atom stereocenters. The summed E-state index contributed by atoms with van der Waals surface area (Å²) in [5.74, 6) is -10.00. The van der Waals surface area contributed by atoms with Crippen LogP contribution in [-0.2, 0) is 9.59 Å². The molecule has 0 aliphatic heterocycles. The van der Waals surface area contributed by atoms with E-state index in [-0.39, 0.29) is 43.8 Å². The molecule has 0 saturated carbocycles. The Balaban J connectivity index is 2.26. The predicted molar refractivity (Wildman–Crippen MR) is 199 cm³/mol. The van der Waals surface area contributed by atoms with Gasteiger partial charge in [-0.15, -0.1) is 0 Å². The standard InChI is InChI=1S/C40H48N2O10/c1-15(2)21-19-13-17(5)23(29(43)25(19)27(33(47)31(21)45)35(49)37(51)41-39(7,8)9)24-18(6)14-20-22(16(3)4)32(46)34(48)28(26(20)30(24)44)36(50)38(52)42-40(10,11)12/h13-16,43-48H,1-12H3,(H,41,51)(H,42,52). The first-order valence-corrected chi connectivity index (χ1v) is 16.9. The maximum Gasteiger partial charge on any atom is 0.292 e. The highest BCUT2D eigenvalue weighted by Gasteiger charge is 2.36. The van der Waals surface area contributed by atoms with Crippen LogP contribution in [0.25, 0.3) is 32.7 Å². The van der Waals surface area contributed by atoms with Crippen molar-refractivity contribution in [1.29, 1.82) is 0 Å². The second-order valence-electron chi connectivity index (χ2n) is 16.0. The molecule has 2 amide bonds. The van der Waals surface area contributed by atoms with Gasteiger partial charge in [-0.3, -0.25) is 19.2 Å². The largest absolute Gasteiger partial charge is 0.507 e. The molecule has 0 radical (unpaired) electrons. The molecule has 0 aromatic heterocycles. The van der Waals surface area contributed by atoms with Crippen LogP contribution in [0.5, 0.6) is 34.5 Å². The highest BCUT2D eigenvalue weighted by molar-refractivity contribution is 6.47. The van der Waals surface area contributed by atoms with E-state index in [9.17, 15) is 49.8 Å². The van der Waals surface area contributed by atoms with Crippen LogP contribution in [0.2, 0.25) is 0 Å². The topological polar surface area (TPSA) is 214 Å². The number of hydrogen-bond acceptors (Lipinski definition) is 10. The van der Waals surface area contributed by atoms with Crippen molar-refractivity contribution in [2.75, 3.05) is 0 Å². The molecule has 0 fully saturated rings. The molecule has 52 heavy (non-hydrogen) atoms. The lowest BCUT2D eigenvalue weighted by Crippen LogP contribution is -2.44. The zero-order chi connectivity index (χ0) is 39.7. The van der Waals surface area contributed by atoms with Gasteiger partial charge in [-0.2, -0.15) is 0 Å². The van der Waals surface area contributed by atoms with Gasteiger partial charge in [-0.1, -0.05) is 39.8 Å². The number of ketones is 2. The second kappa shape index (κ2) is 13.2. The molecule has 8 N–H and O–H groups in total. The number of amides is 2. The van der Waals surface area contributed by atoms with Crippen molar-refractivity contribution in [3.8, 4) is 45.6 Å². The minimum atomic E-state index is -1.24. The summed E-state index contributed by atoms with van der Waals surface area (Å²) >= 11 is 0. The summed E-state index contributed by atoms with van der Waals surface area (Å²) < 4.78 is 0. The van der Waals surface area contributed by atoms with Gasteiger partial charge in [0.15, 0.2) is 23.0 Å². The number of phenolic OH excluding ortho intramolecular Hbond substituents is 6. The number of nitrogens with one attached hydrogen (secondary N) is 2. The third kappa shape index (κ3) is 6.65. The Morgan fingerprint density at radius 3 is 1.06 bits per heavy atom. The Bertz CT molecular complexity index is 2060. The maximum atomic E-state index is 13.8. The van der Waals surface area contributed by atoms with E-state index in [2.05, 4.69) is 10.6 Å². The minimum absolute atomic E-state index is 0.0642. The van der Waals surface area contributed by atoms with Crippen LogP contribution in [0.4, 0.5) is 0 Å². The van der Waals surface area contributed by atoms with Crippen molar-refractivity contribution in [1.82, 2.24) is 10.6 Å². The number of hydrogen-bond donors (Lipinski definition) is 8. The van der Waals surface area contributed by atoms with Gasteiger partial charge in [0.05, 0.1) is 11.1 Å². The van der Waals surface area contributed by atoms with E-state index in [1.165, 1.54) is 12.1 Å². The quantitative estimate of drug-likeness (QED) is 0.0560. The number of rotatable bonds is 7. The zero-order valence-corrected chi connectivity index (χ0v) is 31.6. The van der Waals surface area contributed by atoms with Gasteiger partial charge >= 0.3 is 0 Å². The zero-order valence-electron chi connectivity index (χ0n) is 31.6. The van der Waals surface area contributed by atoms with Crippen molar-refractivity contribution in [2.45, 2.75) is 106 Å². The fourth-order valence-corrected chi connectivity index (χ4v) is 6.78. The van der Waals surface area contributed by atoms with Gasteiger partial charge in [-0.25, -0.2) is 0 Å². The third-order valence-electron chi connectivity index (χ3n) is 8.76. The number of aromatic hydroxyl groups is 6. The van der Waals surface area contributed by atoms with Gasteiger partial charge in [-0.05, 0) is 89.1 Å². The van der Waals surface area contributed by atoms with Crippen LogP contribution in [0.1, 0.15) is 124 Å². The summed E-state index contributed by atoms with van der Waals surface area (Å²) in [6, 6.07) is 3.08. The smallest absolute Gasteiger partial charge is 0.292 e. The summed E-state index contributed by atoms with van der Waals surface area (Å²) in [7, 11) is 0. The summed E-state index contributed by atoms with van der Waals surface area (Å²) in [6.07, 6.45) is 0. The molecule has 0 heterocycles. The Kier molecular flexibility index (Phi) is 9.99. The van der Waals surface area contributed by atoms with Crippen molar-refractivity contribution in [3.05, 3.63) is 45.5 Å². The van der Waals surface area contributed by atoms with Crippen LogP contribution in [-0.4, -0.2) is 65.1 Å². The van der Waals surface area contributed by atoms with Gasteiger partial charge < -0.3 is 41.3 Å².